The molecule has 3 heteroatoms. The number of hydrogen-bond donors (Lipinski definition) is 2. The number of nitrogens with one attached hydrogen (secondary N) is 1. The summed E-state index contributed by atoms with van der Waals surface area (Å²) < 4.78 is 5.71. The molecule has 0 saturated carbocycles. The fourth-order valence-corrected chi connectivity index (χ4v) is 1.97. The second-order valence-corrected chi connectivity index (χ2v) is 4.78. The maximum atomic E-state index is 8.85. The van der Waals surface area contributed by atoms with E-state index < -0.39 is 0 Å². The van der Waals surface area contributed by atoms with E-state index in [-0.39, 0.29) is 0 Å². The molecule has 1 rings (SSSR count). The summed E-state index contributed by atoms with van der Waals surface area (Å²) in [6.45, 7) is 6.56. The van der Waals surface area contributed by atoms with Crippen LogP contribution in [-0.2, 0) is 4.74 Å². The Morgan fingerprint density at radius 1 is 1.47 bits per heavy atom. The zero-order valence-electron chi connectivity index (χ0n) is 10.0. The summed E-state index contributed by atoms with van der Waals surface area (Å²) in [4.78, 5) is 0. The first-order valence-electron chi connectivity index (χ1n) is 6.19. The molecular formula is C12H25NO2. The summed E-state index contributed by atoms with van der Waals surface area (Å²) in [5, 5.41) is 12.3. The topological polar surface area (TPSA) is 41.5 Å². The highest BCUT2D eigenvalue weighted by atomic mass is 16.5. The molecule has 3 nitrogen and oxygen atoms in total. The molecule has 1 heterocycles. The number of aliphatic hydroxyl groups excluding tert-OH is 1. The van der Waals surface area contributed by atoms with Crippen molar-refractivity contribution in [1.82, 2.24) is 5.32 Å². The number of ether oxygens (including phenoxy) is 1. The van der Waals surface area contributed by atoms with Crippen molar-refractivity contribution in [3.63, 3.8) is 0 Å². The van der Waals surface area contributed by atoms with Crippen molar-refractivity contribution in [2.24, 2.45) is 5.92 Å². The summed E-state index contributed by atoms with van der Waals surface area (Å²) in [5.41, 5.74) is 0. The van der Waals surface area contributed by atoms with Crippen molar-refractivity contribution in [2.45, 2.75) is 51.7 Å². The molecule has 1 aliphatic rings. The first-order valence-corrected chi connectivity index (χ1v) is 6.19. The highest BCUT2D eigenvalue weighted by Gasteiger charge is 2.20. The molecule has 15 heavy (non-hydrogen) atoms. The van der Waals surface area contributed by atoms with E-state index in [4.69, 9.17) is 9.84 Å². The van der Waals surface area contributed by atoms with Crippen LogP contribution in [0.5, 0.6) is 0 Å². The van der Waals surface area contributed by atoms with Crippen molar-refractivity contribution >= 4 is 0 Å². The van der Waals surface area contributed by atoms with Crippen LogP contribution in [0.15, 0.2) is 0 Å². The predicted molar refractivity (Wildman–Crippen MR) is 61.9 cm³/mol. The summed E-state index contributed by atoms with van der Waals surface area (Å²) in [7, 11) is 0. The van der Waals surface area contributed by atoms with Crippen LogP contribution in [0.25, 0.3) is 0 Å². The monoisotopic (exact) mass is 215 g/mol. The van der Waals surface area contributed by atoms with Crippen molar-refractivity contribution in [3.8, 4) is 0 Å². The van der Waals surface area contributed by atoms with Crippen molar-refractivity contribution < 1.29 is 9.84 Å². The Hall–Kier alpha value is -0.120. The second-order valence-electron chi connectivity index (χ2n) is 4.78. The molecule has 3 atom stereocenters. The Bertz CT molecular complexity index is 164. The Balaban J connectivity index is 1.89. The second kappa shape index (κ2) is 7.20. The summed E-state index contributed by atoms with van der Waals surface area (Å²) in [6.07, 6.45) is 5.52. The number of rotatable bonds is 7. The fraction of sp³-hybridized carbons (Fsp3) is 1.00. The minimum Gasteiger partial charge on any atom is -0.396 e. The van der Waals surface area contributed by atoms with Gasteiger partial charge in [-0.3, -0.25) is 0 Å². The Labute approximate surface area is 93.2 Å². The van der Waals surface area contributed by atoms with Crippen LogP contribution in [0.2, 0.25) is 0 Å². The third kappa shape index (κ3) is 5.50. The highest BCUT2D eigenvalue weighted by Crippen LogP contribution is 2.18. The van der Waals surface area contributed by atoms with Crippen molar-refractivity contribution in [3.05, 3.63) is 0 Å². The van der Waals surface area contributed by atoms with E-state index in [2.05, 4.69) is 19.2 Å². The quantitative estimate of drug-likeness (QED) is 0.633. The van der Waals surface area contributed by atoms with E-state index in [1.54, 1.807) is 0 Å². The molecule has 2 N–H and O–H groups in total. The van der Waals surface area contributed by atoms with Gasteiger partial charge in [0.2, 0.25) is 0 Å². The molecule has 1 saturated heterocycles. The molecule has 0 aromatic heterocycles. The highest BCUT2D eigenvalue weighted by molar-refractivity contribution is 4.72. The SMILES string of the molecule is CC(CO)CCCNCC1CCC(C)O1. The van der Waals surface area contributed by atoms with Crippen LogP contribution in [0.1, 0.15) is 39.5 Å². The van der Waals surface area contributed by atoms with Gasteiger partial charge in [-0.05, 0) is 45.1 Å². The standard InChI is InChI=1S/C12H25NO2/c1-10(9-14)4-3-7-13-8-12-6-5-11(2)15-12/h10-14H,3-9H2,1-2H3. The molecule has 1 aliphatic heterocycles. The normalized spacial score (nSPS) is 28.2. The lowest BCUT2D eigenvalue weighted by molar-refractivity contribution is 0.0560. The molecule has 1 fully saturated rings. The zero-order valence-corrected chi connectivity index (χ0v) is 10.0. The van der Waals surface area contributed by atoms with E-state index in [1.165, 1.54) is 12.8 Å². The van der Waals surface area contributed by atoms with Gasteiger partial charge in [0.15, 0.2) is 0 Å². The lowest BCUT2D eigenvalue weighted by Gasteiger charge is -2.12. The predicted octanol–water partition coefficient (Wildman–Crippen LogP) is 1.55. The lowest BCUT2D eigenvalue weighted by atomic mass is 10.1. The van der Waals surface area contributed by atoms with Gasteiger partial charge in [-0.25, -0.2) is 0 Å². The smallest absolute Gasteiger partial charge is 0.0704 e. The summed E-state index contributed by atoms with van der Waals surface area (Å²) in [5.74, 6) is 0.439. The summed E-state index contributed by atoms with van der Waals surface area (Å²) >= 11 is 0. The molecule has 0 aromatic rings. The van der Waals surface area contributed by atoms with Crippen molar-refractivity contribution in [1.29, 1.82) is 0 Å². The van der Waals surface area contributed by atoms with Crippen molar-refractivity contribution in [2.75, 3.05) is 19.7 Å². The van der Waals surface area contributed by atoms with Crippen LogP contribution in [0, 0.1) is 5.92 Å². The van der Waals surface area contributed by atoms with E-state index >= 15 is 0 Å². The third-order valence-electron chi connectivity index (χ3n) is 3.05. The molecule has 0 bridgehead atoms. The van der Waals surface area contributed by atoms with E-state index in [9.17, 15) is 0 Å². The summed E-state index contributed by atoms with van der Waals surface area (Å²) in [6, 6.07) is 0. The van der Waals surface area contributed by atoms with Gasteiger partial charge in [-0.15, -0.1) is 0 Å². The number of hydrogen-bond acceptors (Lipinski definition) is 3. The third-order valence-corrected chi connectivity index (χ3v) is 3.05. The number of aliphatic hydroxyl groups is 1. The molecule has 0 radical (unpaired) electrons. The van der Waals surface area contributed by atoms with Crippen LogP contribution in [0.4, 0.5) is 0 Å². The maximum absolute atomic E-state index is 8.85. The van der Waals surface area contributed by atoms with Crippen LogP contribution in [-0.4, -0.2) is 37.0 Å². The van der Waals surface area contributed by atoms with Gasteiger partial charge in [-0.1, -0.05) is 6.92 Å². The zero-order chi connectivity index (χ0) is 11.1. The molecule has 0 aliphatic carbocycles. The molecule has 90 valence electrons. The van der Waals surface area contributed by atoms with Gasteiger partial charge >= 0.3 is 0 Å². The average Bonchev–Trinajstić information content (AvgIpc) is 2.63. The van der Waals surface area contributed by atoms with E-state index in [1.807, 2.05) is 0 Å². The van der Waals surface area contributed by atoms with Gasteiger partial charge in [0.05, 0.1) is 12.2 Å². The first-order chi connectivity index (χ1) is 7.22. The lowest BCUT2D eigenvalue weighted by Crippen LogP contribution is -2.27. The van der Waals surface area contributed by atoms with E-state index in [0.29, 0.717) is 24.7 Å². The van der Waals surface area contributed by atoms with Crippen LogP contribution in [0.3, 0.4) is 0 Å². The maximum Gasteiger partial charge on any atom is 0.0704 e. The fourth-order valence-electron chi connectivity index (χ4n) is 1.97. The van der Waals surface area contributed by atoms with Gasteiger partial charge in [0, 0.05) is 13.2 Å². The van der Waals surface area contributed by atoms with Gasteiger partial charge in [0.1, 0.15) is 0 Å². The molecule has 0 aromatic carbocycles. The van der Waals surface area contributed by atoms with Crippen LogP contribution < -0.4 is 5.32 Å². The van der Waals surface area contributed by atoms with Gasteiger partial charge < -0.3 is 15.2 Å². The average molecular weight is 215 g/mol. The minimum atomic E-state index is 0.309. The van der Waals surface area contributed by atoms with Gasteiger partial charge in [0.25, 0.3) is 0 Å². The molecular weight excluding hydrogens is 190 g/mol. The Kier molecular flexibility index (Phi) is 6.22. The molecule has 0 amide bonds. The minimum absolute atomic E-state index is 0.309. The van der Waals surface area contributed by atoms with Gasteiger partial charge in [-0.2, -0.15) is 0 Å². The Morgan fingerprint density at radius 3 is 2.87 bits per heavy atom. The largest absolute Gasteiger partial charge is 0.396 e. The first kappa shape index (κ1) is 12.9. The Morgan fingerprint density at radius 2 is 2.27 bits per heavy atom. The van der Waals surface area contributed by atoms with E-state index in [0.717, 1.165) is 25.9 Å². The van der Waals surface area contributed by atoms with Crippen LogP contribution >= 0.6 is 0 Å². The molecule has 3 unspecified atom stereocenters. The molecule has 0 spiro atoms.